The largest absolute Gasteiger partial charge is 0.491 e. The minimum atomic E-state index is -0.177. The minimum absolute atomic E-state index is 0.177. The molecular weight excluding hydrogens is 356 g/mol. The number of aryl methyl sites for hydroxylation is 1. The molecule has 1 amide bonds. The molecule has 1 aliphatic heterocycles. The zero-order valence-corrected chi connectivity index (χ0v) is 16.7. The van der Waals surface area contributed by atoms with Crippen LogP contribution in [0.5, 0.6) is 5.75 Å². The van der Waals surface area contributed by atoms with Gasteiger partial charge in [-0.05, 0) is 50.9 Å². The minimum Gasteiger partial charge on any atom is -0.491 e. The summed E-state index contributed by atoms with van der Waals surface area (Å²) in [6.07, 6.45) is 4.10. The zero-order chi connectivity index (χ0) is 19.8. The van der Waals surface area contributed by atoms with Gasteiger partial charge in [0.1, 0.15) is 18.1 Å². The fraction of sp³-hybridized carbons (Fsp3) is 0.524. The highest BCUT2D eigenvalue weighted by Crippen LogP contribution is 2.21. The first-order valence-electron chi connectivity index (χ1n) is 10.0. The van der Waals surface area contributed by atoms with Crippen LogP contribution >= 0.6 is 0 Å². The summed E-state index contributed by atoms with van der Waals surface area (Å²) in [6.45, 7) is 8.02. The molecule has 7 heteroatoms. The Hall–Kier alpha value is -2.38. The first-order valence-corrected chi connectivity index (χ1v) is 10.0. The molecule has 1 atom stereocenters. The molecule has 28 heavy (non-hydrogen) atoms. The lowest BCUT2D eigenvalue weighted by Crippen LogP contribution is -2.32. The third kappa shape index (κ3) is 5.56. The number of benzene rings is 1. The number of aromatic nitrogens is 2. The number of nitrogens with zero attached hydrogens (tertiary/aromatic N) is 2. The van der Waals surface area contributed by atoms with E-state index < -0.39 is 0 Å². The van der Waals surface area contributed by atoms with E-state index in [-0.39, 0.29) is 5.91 Å². The fourth-order valence-corrected chi connectivity index (χ4v) is 3.28. The monoisotopic (exact) mass is 386 g/mol. The van der Waals surface area contributed by atoms with Gasteiger partial charge in [-0.1, -0.05) is 12.1 Å². The second kappa shape index (κ2) is 10.2. The number of carbonyl (C=O) groups is 1. The van der Waals surface area contributed by atoms with Crippen molar-refractivity contribution in [1.29, 1.82) is 0 Å². The SMILES string of the molecule is CCOCCOc1cc(C)ccc1CNC(=O)c1ccn(C2CCCNC2)n1. The number of piperidine rings is 1. The van der Waals surface area contributed by atoms with Gasteiger partial charge in [0, 0.05) is 31.5 Å². The van der Waals surface area contributed by atoms with Crippen molar-refractivity contribution in [3.63, 3.8) is 0 Å². The maximum Gasteiger partial charge on any atom is 0.272 e. The summed E-state index contributed by atoms with van der Waals surface area (Å²) in [7, 11) is 0. The molecule has 1 saturated heterocycles. The van der Waals surface area contributed by atoms with Crippen LogP contribution in [0, 0.1) is 6.92 Å². The molecule has 0 radical (unpaired) electrons. The predicted molar refractivity (Wildman–Crippen MR) is 108 cm³/mol. The van der Waals surface area contributed by atoms with Crippen molar-refractivity contribution in [2.24, 2.45) is 0 Å². The number of nitrogens with one attached hydrogen (secondary N) is 2. The standard InChI is InChI=1S/C21H30N4O3/c1-3-27-11-12-28-20-13-16(2)6-7-17(20)14-23-21(26)19-8-10-25(24-19)18-5-4-9-22-15-18/h6-8,10,13,18,22H,3-5,9,11-12,14-15H2,1-2H3,(H,23,26). The zero-order valence-electron chi connectivity index (χ0n) is 16.7. The Balaban J connectivity index is 1.57. The molecule has 0 saturated carbocycles. The Morgan fingerprint density at radius 1 is 1.36 bits per heavy atom. The van der Waals surface area contributed by atoms with Gasteiger partial charge >= 0.3 is 0 Å². The Bertz CT molecular complexity index is 769. The van der Waals surface area contributed by atoms with Gasteiger partial charge in [0.05, 0.1) is 12.6 Å². The van der Waals surface area contributed by atoms with Crippen LogP contribution in [0.1, 0.15) is 47.4 Å². The molecule has 0 aliphatic carbocycles. The van der Waals surface area contributed by atoms with Crippen LogP contribution in [0.2, 0.25) is 0 Å². The fourth-order valence-electron chi connectivity index (χ4n) is 3.28. The van der Waals surface area contributed by atoms with Crippen molar-refractivity contribution in [3.05, 3.63) is 47.3 Å². The number of carbonyl (C=O) groups excluding carboxylic acids is 1. The summed E-state index contributed by atoms with van der Waals surface area (Å²) in [4.78, 5) is 12.5. The second-order valence-electron chi connectivity index (χ2n) is 7.02. The van der Waals surface area contributed by atoms with Crippen LogP contribution in [0.3, 0.4) is 0 Å². The molecule has 7 nitrogen and oxygen atoms in total. The molecular formula is C21H30N4O3. The van der Waals surface area contributed by atoms with Crippen molar-refractivity contribution in [3.8, 4) is 5.75 Å². The average Bonchev–Trinajstić information content (AvgIpc) is 3.21. The maximum absolute atomic E-state index is 12.5. The lowest BCUT2D eigenvalue weighted by Gasteiger charge is -2.22. The summed E-state index contributed by atoms with van der Waals surface area (Å²) >= 11 is 0. The molecule has 1 aromatic heterocycles. The van der Waals surface area contributed by atoms with Crippen molar-refractivity contribution < 1.29 is 14.3 Å². The van der Waals surface area contributed by atoms with E-state index >= 15 is 0 Å². The van der Waals surface area contributed by atoms with E-state index in [1.807, 2.05) is 42.9 Å². The van der Waals surface area contributed by atoms with Gasteiger partial charge in [-0.25, -0.2) is 0 Å². The maximum atomic E-state index is 12.5. The lowest BCUT2D eigenvalue weighted by molar-refractivity contribution is 0.0942. The highest BCUT2D eigenvalue weighted by Gasteiger charge is 2.18. The van der Waals surface area contributed by atoms with E-state index in [2.05, 4.69) is 15.7 Å². The van der Waals surface area contributed by atoms with Crippen molar-refractivity contribution in [2.45, 2.75) is 39.3 Å². The Labute approximate surface area is 166 Å². The number of ether oxygens (including phenoxy) is 2. The van der Waals surface area contributed by atoms with Crippen molar-refractivity contribution >= 4 is 5.91 Å². The highest BCUT2D eigenvalue weighted by atomic mass is 16.5. The van der Waals surface area contributed by atoms with Crippen LogP contribution < -0.4 is 15.4 Å². The lowest BCUT2D eigenvalue weighted by atomic mass is 10.1. The molecule has 2 heterocycles. The van der Waals surface area contributed by atoms with Gasteiger partial charge in [-0.2, -0.15) is 5.10 Å². The van der Waals surface area contributed by atoms with Gasteiger partial charge in [0.15, 0.2) is 0 Å². The highest BCUT2D eigenvalue weighted by molar-refractivity contribution is 5.92. The first-order chi connectivity index (χ1) is 13.7. The van der Waals surface area contributed by atoms with E-state index in [4.69, 9.17) is 9.47 Å². The molecule has 1 aliphatic rings. The first kappa shape index (κ1) is 20.4. The summed E-state index contributed by atoms with van der Waals surface area (Å²) in [5, 5.41) is 10.8. The van der Waals surface area contributed by atoms with Crippen molar-refractivity contribution in [2.75, 3.05) is 32.9 Å². The summed E-state index contributed by atoms with van der Waals surface area (Å²) in [5.74, 6) is 0.599. The number of amides is 1. The number of hydrogen-bond acceptors (Lipinski definition) is 5. The predicted octanol–water partition coefficient (Wildman–Crippen LogP) is 2.46. The van der Waals surface area contributed by atoms with E-state index in [0.717, 1.165) is 42.8 Å². The molecule has 3 rings (SSSR count). The van der Waals surface area contributed by atoms with E-state index in [9.17, 15) is 4.79 Å². The third-order valence-electron chi connectivity index (χ3n) is 4.84. The molecule has 1 aromatic carbocycles. The third-order valence-corrected chi connectivity index (χ3v) is 4.84. The van der Waals surface area contributed by atoms with E-state index in [0.29, 0.717) is 38.1 Å². The summed E-state index contributed by atoms with van der Waals surface area (Å²) in [5.41, 5.74) is 2.49. The quantitative estimate of drug-likeness (QED) is 0.648. The number of rotatable bonds is 9. The summed E-state index contributed by atoms with van der Waals surface area (Å²) in [6, 6.07) is 8.08. The van der Waals surface area contributed by atoms with Crippen LogP contribution in [0.4, 0.5) is 0 Å². The molecule has 152 valence electrons. The van der Waals surface area contributed by atoms with Crippen LogP contribution in [-0.2, 0) is 11.3 Å². The number of hydrogen-bond donors (Lipinski definition) is 2. The average molecular weight is 386 g/mol. The van der Waals surface area contributed by atoms with Crippen LogP contribution in [-0.4, -0.2) is 48.6 Å². The van der Waals surface area contributed by atoms with Crippen LogP contribution in [0.15, 0.2) is 30.5 Å². The normalized spacial score (nSPS) is 16.7. The summed E-state index contributed by atoms with van der Waals surface area (Å²) < 4.78 is 13.1. The van der Waals surface area contributed by atoms with Gasteiger partial charge in [0.2, 0.25) is 0 Å². The van der Waals surface area contributed by atoms with Crippen molar-refractivity contribution in [1.82, 2.24) is 20.4 Å². The second-order valence-corrected chi connectivity index (χ2v) is 7.02. The van der Waals surface area contributed by atoms with E-state index in [1.165, 1.54) is 0 Å². The molecule has 2 N–H and O–H groups in total. The molecule has 2 aromatic rings. The van der Waals surface area contributed by atoms with Crippen LogP contribution in [0.25, 0.3) is 0 Å². The van der Waals surface area contributed by atoms with Gasteiger partial charge < -0.3 is 20.1 Å². The molecule has 0 spiro atoms. The topological polar surface area (TPSA) is 77.4 Å². The molecule has 1 unspecified atom stereocenters. The Morgan fingerprint density at radius 2 is 2.25 bits per heavy atom. The van der Waals surface area contributed by atoms with E-state index in [1.54, 1.807) is 6.07 Å². The smallest absolute Gasteiger partial charge is 0.272 e. The molecule has 1 fully saturated rings. The van der Waals surface area contributed by atoms with Gasteiger partial charge in [0.25, 0.3) is 5.91 Å². The van der Waals surface area contributed by atoms with Gasteiger partial charge in [-0.3, -0.25) is 9.48 Å². The Kier molecular flexibility index (Phi) is 7.45. The van der Waals surface area contributed by atoms with Gasteiger partial charge in [-0.15, -0.1) is 0 Å². The Morgan fingerprint density at radius 3 is 3.04 bits per heavy atom. The molecule has 0 bridgehead atoms.